The molecule has 16 rings (SSSR count). The first-order valence-electron chi connectivity index (χ1n) is 33.8. The second-order valence-electron chi connectivity index (χ2n) is 24.4. The van der Waals surface area contributed by atoms with Gasteiger partial charge in [-0.25, -0.2) is 44.9 Å². The Bertz CT molecular complexity index is 5460. The molecule has 0 radical (unpaired) electrons. The molecule has 2 atom stereocenters. The van der Waals surface area contributed by atoms with Crippen molar-refractivity contribution in [3.63, 3.8) is 0 Å². The van der Waals surface area contributed by atoms with E-state index in [0.29, 0.717) is 103 Å². The molecule has 14 N–H and O–H groups in total. The van der Waals surface area contributed by atoms with Crippen LogP contribution in [-0.4, -0.2) is 138 Å². The van der Waals surface area contributed by atoms with E-state index < -0.39 is 10.6 Å². The standard InChI is InChI=1S/C21H23ClN8O2.C12H13Cl2N3O.C9H11N5O.C7H5Cl2N3.C5H3Cl2N3O2.C5H5Cl2N3.C5H4Cl2N2.C4H7NO/c1-12-23-18-15(11-16(22)25-21(18)30(12)17-9-4-5-10-32-17)24-14-8-6-7-13(19(14)31-3)20-26-28-29(2)27-20;1-7-15-11-8(13)6-9(14)16-12(11)17(7)10-4-2-3-5-18-10;1-14-12-9(11-13-14)6-4-3-5-7(10)8(6)15-2;1-3-10-6-4(8)2-5(9)12-7(6)11-3;6-2-1-3(7)9-5(8)4(2)10(11)12;6-2-1-3(7)10-5(9)4(2)8;6-3-1-4(7)9-5(8)2-3;5-4(6)3-1-2-3/h6-8,11,17H,4-5,9-10H2,1-3H3,(H,24,25);6,10H,2-5H2,1H3;3-5H,10H2,1-2H3;2H,1H3,(H,10,11,12);1H,(H2,8,9);1H,8H2,(H2,9,10);1-2H,(H2,8,9);3H,1-2H2,(H2,5,6). The average molecular weight is 1780 g/mol. The van der Waals surface area contributed by atoms with E-state index >= 15 is 0 Å². The number of hydrogen-bond donors (Lipinski definition) is 8. The van der Waals surface area contributed by atoms with Crippen molar-refractivity contribution < 1.29 is 28.7 Å². The number of tetrazole rings is 2. The molecular formula is C68H71Cl11N28O7. The molecule has 35 nitrogen and oxygen atoms in total. The number of nitrogens with two attached hydrogens (primary N) is 6. The molecule has 13 aromatic rings. The van der Waals surface area contributed by atoms with Crippen LogP contribution >= 0.6 is 128 Å². The van der Waals surface area contributed by atoms with Gasteiger partial charge in [-0.05, 0) is 137 Å². The van der Waals surface area contributed by atoms with Crippen LogP contribution in [-0.2, 0) is 28.4 Å². The Hall–Kier alpha value is -9.73. The Labute approximate surface area is 704 Å². The Morgan fingerprint density at radius 2 is 1.06 bits per heavy atom. The number of nitro groups is 1. The van der Waals surface area contributed by atoms with Gasteiger partial charge in [0.1, 0.15) is 94.1 Å². The Balaban J connectivity index is 0.000000158. The number of imidazole rings is 3. The van der Waals surface area contributed by atoms with Crippen LogP contribution in [0.4, 0.5) is 45.9 Å². The monoisotopic (exact) mass is 1780 g/mol. The number of methoxy groups -OCH3 is 2. The molecule has 2 aliphatic heterocycles. The van der Waals surface area contributed by atoms with Gasteiger partial charge in [-0.15, -0.1) is 20.4 Å². The van der Waals surface area contributed by atoms with E-state index in [9.17, 15) is 14.9 Å². The molecule has 1 aliphatic carbocycles. The van der Waals surface area contributed by atoms with Crippen LogP contribution in [0, 0.1) is 36.8 Å². The number of hydrogen-bond acceptors (Lipinski definition) is 28. The van der Waals surface area contributed by atoms with Crippen molar-refractivity contribution in [3.05, 3.63) is 162 Å². The van der Waals surface area contributed by atoms with Gasteiger partial charge in [-0.3, -0.25) is 24.0 Å². The van der Waals surface area contributed by atoms with Gasteiger partial charge in [0.25, 0.3) is 0 Å². The van der Waals surface area contributed by atoms with Crippen molar-refractivity contribution in [2.75, 3.05) is 61.4 Å². The number of amides is 1. The third-order valence-electron chi connectivity index (χ3n) is 16.1. The number of benzene rings is 2. The number of nitrogen functional groups attached to an aromatic ring is 5. The number of carbonyl (C=O) groups excluding carboxylic acids is 1. The van der Waals surface area contributed by atoms with E-state index in [1.54, 1.807) is 52.6 Å². The van der Waals surface area contributed by atoms with Crippen LogP contribution in [0.1, 0.15) is 81.3 Å². The molecular weight excluding hydrogens is 1710 g/mol. The molecule has 46 heteroatoms. The molecule has 2 saturated heterocycles. The third-order valence-corrected chi connectivity index (χ3v) is 18.6. The molecule has 0 bridgehead atoms. The quantitative estimate of drug-likeness (QED) is 0.0273. The highest BCUT2D eigenvalue weighted by Crippen LogP contribution is 2.41. The predicted molar refractivity (Wildman–Crippen MR) is 444 cm³/mol. The van der Waals surface area contributed by atoms with Crippen molar-refractivity contribution >= 4 is 213 Å². The maximum Gasteiger partial charge on any atom is 0.329 e. The first-order chi connectivity index (χ1) is 54.2. The largest absolute Gasteiger partial charge is 0.494 e. The minimum absolute atomic E-state index is 0.00853. The SMILES string of the molecule is COc1c(N)cccc1-c1nnn(C)n1.COc1c(Nc2cc(Cl)nc3c2nc(C)n3C2CCCCO2)cccc1-c1nnn(C)n1.Cc1nc2c(Cl)cc(Cl)nc2n1C1CCCCO1.Cc1nc2nc(Cl)cc(Cl)c2[nH]1.NC(=O)C1CC1.Nc1cc(Cl)cc(Cl)n1.Nc1nc(Cl)cc(Cl)c1N.Nc1nc(Cl)cc(Cl)c1[N+](=O)[O-]. The van der Waals surface area contributed by atoms with E-state index in [1.807, 2.05) is 60.2 Å². The number of rotatable bonds is 10. The van der Waals surface area contributed by atoms with E-state index in [1.165, 1.54) is 27.8 Å². The van der Waals surface area contributed by atoms with Gasteiger partial charge in [0.15, 0.2) is 28.4 Å². The maximum absolute atomic E-state index is 10.3. The van der Waals surface area contributed by atoms with Gasteiger partial charge in [0.05, 0.1) is 82.2 Å². The summed E-state index contributed by atoms with van der Waals surface area (Å²) in [5.41, 5.74) is 39.2. The molecule has 11 aromatic heterocycles. The molecule has 3 fully saturated rings. The van der Waals surface area contributed by atoms with Crippen LogP contribution in [0.2, 0.25) is 56.0 Å². The summed E-state index contributed by atoms with van der Waals surface area (Å²) in [6.07, 6.45) is 8.27. The van der Waals surface area contributed by atoms with Gasteiger partial charge in [0, 0.05) is 36.3 Å². The number of H-pyrrole nitrogens is 1. The zero-order valence-electron chi connectivity index (χ0n) is 61.2. The van der Waals surface area contributed by atoms with Gasteiger partial charge in [-0.1, -0.05) is 140 Å². The number of nitrogens with zero attached hydrogens (tertiary/aromatic N) is 20. The Morgan fingerprint density at radius 1 is 0.561 bits per heavy atom. The zero-order chi connectivity index (χ0) is 82.9. The lowest BCUT2D eigenvalue weighted by molar-refractivity contribution is -0.384. The smallest absolute Gasteiger partial charge is 0.329 e. The number of nitrogens with one attached hydrogen (secondary N) is 2. The first-order valence-corrected chi connectivity index (χ1v) is 37.9. The van der Waals surface area contributed by atoms with Crippen molar-refractivity contribution in [2.24, 2.45) is 25.7 Å². The summed E-state index contributed by atoms with van der Waals surface area (Å²) in [5.74, 6) is 4.94. The number of primary amides is 1. The second-order valence-corrected chi connectivity index (χ2v) is 28.8. The lowest BCUT2D eigenvalue weighted by Crippen LogP contribution is -2.19. The fourth-order valence-corrected chi connectivity index (χ4v) is 13.5. The highest BCUT2D eigenvalue weighted by atomic mass is 35.5. The summed E-state index contributed by atoms with van der Waals surface area (Å²) in [4.78, 5) is 62.4. The molecule has 2 aromatic carbocycles. The Morgan fingerprint density at radius 3 is 1.55 bits per heavy atom. The second kappa shape index (κ2) is 40.5. The highest BCUT2D eigenvalue weighted by Gasteiger charge is 2.28. The summed E-state index contributed by atoms with van der Waals surface area (Å²) in [5, 5.41) is 41.3. The van der Waals surface area contributed by atoms with E-state index in [0.717, 1.165) is 116 Å². The topological polar surface area (TPSA) is 494 Å². The molecule has 602 valence electrons. The number of pyridine rings is 6. The van der Waals surface area contributed by atoms with Gasteiger partial charge in [0.2, 0.25) is 23.4 Å². The molecule has 2 unspecified atom stereocenters. The molecule has 0 spiro atoms. The van der Waals surface area contributed by atoms with Crippen molar-refractivity contribution in [1.82, 2.24) is 99.4 Å². The molecule has 1 amide bonds. The number of aryl methyl sites for hydroxylation is 5. The van der Waals surface area contributed by atoms with Crippen LogP contribution in [0.5, 0.6) is 11.5 Å². The lowest BCUT2D eigenvalue weighted by Gasteiger charge is -2.25. The summed E-state index contributed by atoms with van der Waals surface area (Å²) in [6.45, 7) is 7.24. The average Bonchev–Trinajstić information content (AvgIpc) is 1.62. The lowest BCUT2D eigenvalue weighted by atomic mass is 10.1. The number of ether oxygens (including phenoxy) is 4. The summed E-state index contributed by atoms with van der Waals surface area (Å²) >= 11 is 63.1. The minimum Gasteiger partial charge on any atom is -0.494 e. The number of carbonyl (C=O) groups is 1. The predicted octanol–water partition coefficient (Wildman–Crippen LogP) is 16.1. The number of aromatic amines is 1. The Kier molecular flexibility index (Phi) is 31.4. The summed E-state index contributed by atoms with van der Waals surface area (Å²) in [6, 6.07) is 21.7. The normalized spacial score (nSPS) is 14.1. The van der Waals surface area contributed by atoms with E-state index in [2.05, 4.69) is 81.0 Å². The minimum atomic E-state index is -0.707. The number of fused-ring (bicyclic) bond motifs is 3. The number of anilines is 7. The van der Waals surface area contributed by atoms with Crippen LogP contribution in [0.15, 0.2) is 78.9 Å². The van der Waals surface area contributed by atoms with Crippen LogP contribution in [0.25, 0.3) is 56.3 Å². The zero-order valence-corrected chi connectivity index (χ0v) is 69.5. The van der Waals surface area contributed by atoms with Crippen LogP contribution in [0.3, 0.4) is 0 Å². The van der Waals surface area contributed by atoms with Crippen molar-refractivity contribution in [3.8, 4) is 34.3 Å². The fraction of sp³-hybridized carbons (Fsp3) is 0.294. The fourth-order valence-electron chi connectivity index (χ4n) is 10.9. The molecule has 3 aliphatic rings. The van der Waals surface area contributed by atoms with Crippen molar-refractivity contribution in [2.45, 2.75) is 84.6 Å². The van der Waals surface area contributed by atoms with Crippen molar-refractivity contribution in [1.29, 1.82) is 0 Å². The van der Waals surface area contributed by atoms with E-state index in [-0.39, 0.29) is 56.9 Å². The van der Waals surface area contributed by atoms with E-state index in [4.69, 9.17) is 186 Å². The first kappa shape index (κ1) is 88.2. The third kappa shape index (κ3) is 23.5. The summed E-state index contributed by atoms with van der Waals surface area (Å²) < 4.78 is 26.7. The van der Waals surface area contributed by atoms with Gasteiger partial charge in [-0.2, -0.15) is 9.59 Å². The molecule has 114 heavy (non-hydrogen) atoms. The van der Waals surface area contributed by atoms with Crippen LogP contribution < -0.4 is 49.2 Å². The maximum atomic E-state index is 10.3. The molecule has 13 heterocycles. The van der Waals surface area contributed by atoms with Gasteiger partial charge < -0.3 is 63.7 Å². The number of para-hydroxylation sites is 2. The highest BCUT2D eigenvalue weighted by molar-refractivity contribution is 6.39. The number of halogens is 11. The van der Waals surface area contributed by atoms with Gasteiger partial charge >= 0.3 is 5.69 Å². The number of aromatic nitrogens is 20. The molecule has 1 saturated carbocycles. The summed E-state index contributed by atoms with van der Waals surface area (Å²) in [7, 11) is 6.59.